The molecule has 1 saturated heterocycles. The van der Waals surface area contributed by atoms with E-state index in [0.29, 0.717) is 16.1 Å². The SMILES string of the molecule is COc1cc(/C=N/N2C(=O)N[C@](C)(c3ccc(OC(F)F)cc3)C2=O)cc(OC)c1O. The van der Waals surface area contributed by atoms with Crippen LogP contribution in [0.15, 0.2) is 41.5 Å². The summed E-state index contributed by atoms with van der Waals surface area (Å²) in [5, 5.41) is 17.1. The number of alkyl halides is 2. The number of hydrogen-bond donors (Lipinski definition) is 2. The van der Waals surface area contributed by atoms with E-state index in [0.717, 1.165) is 0 Å². The molecule has 164 valence electrons. The first-order valence-electron chi connectivity index (χ1n) is 8.90. The minimum atomic E-state index is -2.98. The minimum Gasteiger partial charge on any atom is -0.502 e. The van der Waals surface area contributed by atoms with Crippen molar-refractivity contribution in [3.63, 3.8) is 0 Å². The molecule has 2 aromatic rings. The van der Waals surface area contributed by atoms with Gasteiger partial charge < -0.3 is 24.6 Å². The number of carbonyl (C=O) groups excluding carboxylic acids is 2. The third-order valence-corrected chi connectivity index (χ3v) is 4.65. The van der Waals surface area contributed by atoms with Gasteiger partial charge in [-0.1, -0.05) is 12.1 Å². The van der Waals surface area contributed by atoms with Crippen molar-refractivity contribution < 1.29 is 37.7 Å². The fraction of sp³-hybridized carbons (Fsp3) is 0.250. The van der Waals surface area contributed by atoms with Gasteiger partial charge in [0.2, 0.25) is 5.75 Å². The molecule has 0 bridgehead atoms. The second-order valence-electron chi connectivity index (χ2n) is 6.59. The quantitative estimate of drug-likeness (QED) is 0.511. The Morgan fingerprint density at radius 2 is 1.71 bits per heavy atom. The first-order chi connectivity index (χ1) is 14.7. The minimum absolute atomic E-state index is 0.0794. The van der Waals surface area contributed by atoms with Crippen LogP contribution < -0.4 is 19.5 Å². The van der Waals surface area contributed by atoms with E-state index in [1.54, 1.807) is 0 Å². The smallest absolute Gasteiger partial charge is 0.387 e. The first-order valence-corrected chi connectivity index (χ1v) is 8.90. The number of phenols is 1. The van der Waals surface area contributed by atoms with Gasteiger partial charge in [-0.3, -0.25) is 4.79 Å². The molecule has 1 heterocycles. The highest BCUT2D eigenvalue weighted by Gasteiger charge is 2.49. The topological polar surface area (TPSA) is 110 Å². The van der Waals surface area contributed by atoms with Gasteiger partial charge in [-0.25, -0.2) is 4.79 Å². The van der Waals surface area contributed by atoms with E-state index in [1.807, 2.05) is 0 Å². The molecule has 0 radical (unpaired) electrons. The van der Waals surface area contributed by atoms with Crippen molar-refractivity contribution >= 4 is 18.2 Å². The van der Waals surface area contributed by atoms with Crippen molar-refractivity contribution in [1.82, 2.24) is 10.3 Å². The van der Waals surface area contributed by atoms with Crippen LogP contribution in [0.4, 0.5) is 13.6 Å². The fourth-order valence-corrected chi connectivity index (χ4v) is 3.01. The third kappa shape index (κ3) is 4.20. The zero-order valence-electron chi connectivity index (χ0n) is 16.8. The molecule has 3 rings (SSSR count). The molecule has 0 spiro atoms. The largest absolute Gasteiger partial charge is 0.502 e. The van der Waals surface area contributed by atoms with Crippen molar-refractivity contribution in [2.24, 2.45) is 5.10 Å². The van der Waals surface area contributed by atoms with Gasteiger partial charge in [-0.2, -0.15) is 13.9 Å². The Morgan fingerprint density at radius 1 is 1.13 bits per heavy atom. The molecule has 2 N–H and O–H groups in total. The highest BCUT2D eigenvalue weighted by molar-refractivity contribution is 6.07. The number of methoxy groups -OCH3 is 2. The van der Waals surface area contributed by atoms with Crippen LogP contribution in [0, 0.1) is 0 Å². The average Bonchev–Trinajstić information content (AvgIpc) is 2.96. The zero-order valence-corrected chi connectivity index (χ0v) is 16.8. The number of urea groups is 1. The van der Waals surface area contributed by atoms with Gasteiger partial charge in [-0.15, -0.1) is 5.01 Å². The Balaban J connectivity index is 1.85. The number of phenolic OH excluding ortho intramolecular Hbond substituents is 1. The van der Waals surface area contributed by atoms with Crippen LogP contribution in [0.2, 0.25) is 0 Å². The molecule has 0 aliphatic carbocycles. The maximum absolute atomic E-state index is 12.9. The van der Waals surface area contributed by atoms with Gasteiger partial charge in [0.15, 0.2) is 11.5 Å². The number of ether oxygens (including phenoxy) is 3. The Hall–Kier alpha value is -3.89. The Morgan fingerprint density at radius 3 is 2.23 bits per heavy atom. The number of carbonyl (C=O) groups is 2. The maximum Gasteiger partial charge on any atom is 0.387 e. The normalized spacial score (nSPS) is 18.6. The summed E-state index contributed by atoms with van der Waals surface area (Å²) in [6, 6.07) is 7.47. The molecule has 1 atom stereocenters. The number of rotatable bonds is 7. The van der Waals surface area contributed by atoms with Gasteiger partial charge in [0, 0.05) is 5.56 Å². The van der Waals surface area contributed by atoms with Crippen molar-refractivity contribution in [1.29, 1.82) is 0 Å². The summed E-state index contributed by atoms with van der Waals surface area (Å²) in [5.41, 5.74) is -0.699. The summed E-state index contributed by atoms with van der Waals surface area (Å²) < 4.78 is 39.0. The van der Waals surface area contributed by atoms with Gasteiger partial charge >= 0.3 is 12.6 Å². The van der Waals surface area contributed by atoms with E-state index in [1.165, 1.54) is 63.8 Å². The molecule has 31 heavy (non-hydrogen) atoms. The molecule has 2 aromatic carbocycles. The number of hydrogen-bond acceptors (Lipinski definition) is 7. The molecule has 0 unspecified atom stereocenters. The van der Waals surface area contributed by atoms with Crippen LogP contribution in [-0.2, 0) is 10.3 Å². The Labute approximate surface area is 175 Å². The fourth-order valence-electron chi connectivity index (χ4n) is 3.01. The average molecular weight is 435 g/mol. The lowest BCUT2D eigenvalue weighted by atomic mass is 9.92. The molecule has 1 fully saturated rings. The number of hydrazone groups is 1. The molecule has 3 amide bonds. The summed E-state index contributed by atoms with van der Waals surface area (Å²) in [6.45, 7) is -1.51. The number of halogens is 2. The third-order valence-electron chi connectivity index (χ3n) is 4.65. The van der Waals surface area contributed by atoms with Gasteiger partial charge in [0.25, 0.3) is 5.91 Å². The molecule has 1 aliphatic rings. The van der Waals surface area contributed by atoms with Crippen LogP contribution in [0.5, 0.6) is 23.0 Å². The summed E-state index contributed by atoms with van der Waals surface area (Å²) >= 11 is 0. The number of nitrogens with zero attached hydrogens (tertiary/aromatic N) is 2. The second-order valence-corrected chi connectivity index (χ2v) is 6.59. The highest BCUT2D eigenvalue weighted by atomic mass is 19.3. The van der Waals surface area contributed by atoms with Crippen molar-refractivity contribution in [3.8, 4) is 23.0 Å². The maximum atomic E-state index is 12.9. The predicted octanol–water partition coefficient (Wildman–Crippen LogP) is 2.81. The van der Waals surface area contributed by atoms with Crippen LogP contribution in [-0.4, -0.2) is 49.1 Å². The molecule has 9 nitrogen and oxygen atoms in total. The highest BCUT2D eigenvalue weighted by Crippen LogP contribution is 2.37. The summed E-state index contributed by atoms with van der Waals surface area (Å²) in [6.07, 6.45) is 1.23. The molecule has 0 saturated carbocycles. The van der Waals surface area contributed by atoms with E-state index < -0.39 is 24.1 Å². The van der Waals surface area contributed by atoms with Gasteiger partial charge in [0.1, 0.15) is 11.3 Å². The van der Waals surface area contributed by atoms with E-state index in [2.05, 4.69) is 15.2 Å². The van der Waals surface area contributed by atoms with Crippen molar-refractivity contribution in [2.75, 3.05) is 14.2 Å². The van der Waals surface area contributed by atoms with Crippen LogP contribution >= 0.6 is 0 Å². The lowest BCUT2D eigenvalue weighted by Crippen LogP contribution is -2.40. The number of nitrogens with one attached hydrogen (secondary N) is 1. The second kappa shape index (κ2) is 8.46. The standard InChI is InChI=1S/C20H19F2N3O6/c1-20(12-4-6-13(7-5-12)31-18(21)22)17(27)25(19(28)24-20)23-10-11-8-14(29-2)16(26)15(9-11)30-3/h4-10,18,26H,1-3H3,(H,24,28)/b23-10+/t20-/m1/s1. The van der Waals surface area contributed by atoms with Gasteiger partial charge in [-0.05, 0) is 36.8 Å². The molecule has 0 aromatic heterocycles. The summed E-state index contributed by atoms with van der Waals surface area (Å²) in [4.78, 5) is 25.3. The number of imide groups is 1. The summed E-state index contributed by atoms with van der Waals surface area (Å²) in [5.74, 6) is -0.718. The van der Waals surface area contributed by atoms with Crippen LogP contribution in [0.1, 0.15) is 18.1 Å². The van der Waals surface area contributed by atoms with Crippen LogP contribution in [0.3, 0.4) is 0 Å². The monoisotopic (exact) mass is 435 g/mol. The van der Waals surface area contributed by atoms with E-state index in [-0.39, 0.29) is 23.0 Å². The molecule has 11 heteroatoms. The zero-order chi connectivity index (χ0) is 22.8. The van der Waals surface area contributed by atoms with Crippen molar-refractivity contribution in [2.45, 2.75) is 19.1 Å². The molecule has 1 aliphatic heterocycles. The van der Waals surface area contributed by atoms with Gasteiger partial charge in [0.05, 0.1) is 20.4 Å². The van der Waals surface area contributed by atoms with Crippen molar-refractivity contribution in [3.05, 3.63) is 47.5 Å². The lowest BCUT2D eigenvalue weighted by molar-refractivity contribution is -0.131. The first kappa shape index (κ1) is 21.8. The Kier molecular flexibility index (Phi) is 5.95. The molecular weight excluding hydrogens is 416 g/mol. The summed E-state index contributed by atoms with van der Waals surface area (Å²) in [7, 11) is 2.71. The van der Waals surface area contributed by atoms with Crippen LogP contribution in [0.25, 0.3) is 0 Å². The van der Waals surface area contributed by atoms with E-state index in [9.17, 15) is 23.5 Å². The number of amides is 3. The predicted molar refractivity (Wildman–Crippen MR) is 105 cm³/mol. The van der Waals surface area contributed by atoms with E-state index >= 15 is 0 Å². The van der Waals surface area contributed by atoms with E-state index in [4.69, 9.17) is 9.47 Å². The Bertz CT molecular complexity index is 1000. The lowest BCUT2D eigenvalue weighted by Gasteiger charge is -2.21. The number of aromatic hydroxyl groups is 1. The number of benzene rings is 2. The molecular formula is C20H19F2N3O6.